The minimum atomic E-state index is -4.50. The lowest BCUT2D eigenvalue weighted by Gasteiger charge is -2.18. The number of hydrogen-bond acceptors (Lipinski definition) is 4. The lowest BCUT2D eigenvalue weighted by Crippen LogP contribution is -2.44. The average molecular weight is 345 g/mol. The number of halogens is 3. The summed E-state index contributed by atoms with van der Waals surface area (Å²) in [6.45, 7) is -1.46. The molecule has 1 heterocycles. The first-order chi connectivity index (χ1) is 11.2. The zero-order chi connectivity index (χ0) is 17.9. The Hall–Kier alpha value is -2.65. The number of likely N-dealkylation sites (tertiary alicyclic amines) is 1. The number of nitrogens with zero attached hydrogens (tertiary/aromatic N) is 2. The molecule has 1 aromatic rings. The van der Waals surface area contributed by atoms with Gasteiger partial charge in [0.1, 0.15) is 12.6 Å². The lowest BCUT2D eigenvalue weighted by atomic mass is 10.1. The number of rotatable bonds is 5. The predicted octanol–water partition coefficient (Wildman–Crippen LogP) is 1.42. The second-order valence-corrected chi connectivity index (χ2v) is 5.35. The Bertz CT molecular complexity index is 663. The zero-order valence-electron chi connectivity index (χ0n) is 12.4. The van der Waals surface area contributed by atoms with Gasteiger partial charge in [0.2, 0.25) is 11.8 Å². The molecule has 1 atom stereocenters. The third-order valence-electron chi connectivity index (χ3n) is 3.54. The van der Waals surface area contributed by atoms with Crippen LogP contribution in [0.25, 0.3) is 0 Å². The van der Waals surface area contributed by atoms with Crippen molar-refractivity contribution in [1.82, 2.24) is 10.2 Å². The molecule has 1 saturated heterocycles. The van der Waals surface area contributed by atoms with Crippen LogP contribution in [0.2, 0.25) is 0 Å². The molecule has 1 aliphatic heterocycles. The van der Waals surface area contributed by atoms with Gasteiger partial charge in [0.25, 0.3) is 5.69 Å². The van der Waals surface area contributed by atoms with Crippen LogP contribution >= 0.6 is 0 Å². The van der Waals surface area contributed by atoms with Gasteiger partial charge in [-0.15, -0.1) is 0 Å². The van der Waals surface area contributed by atoms with Crippen LogP contribution in [-0.4, -0.2) is 46.9 Å². The van der Waals surface area contributed by atoms with E-state index in [1.165, 1.54) is 24.3 Å². The zero-order valence-corrected chi connectivity index (χ0v) is 12.4. The SMILES string of the molecule is O=C(Cc1ccccc1[N+](=O)[O-])N[C@H]1CCN(CC(F)(F)F)C1=O. The minimum Gasteiger partial charge on any atom is -0.344 e. The van der Waals surface area contributed by atoms with Crippen molar-refractivity contribution >= 4 is 17.5 Å². The Kier molecular flexibility index (Phi) is 5.05. The molecule has 24 heavy (non-hydrogen) atoms. The van der Waals surface area contributed by atoms with E-state index in [0.29, 0.717) is 4.90 Å². The summed E-state index contributed by atoms with van der Waals surface area (Å²) in [4.78, 5) is 34.7. The van der Waals surface area contributed by atoms with Crippen LogP contribution < -0.4 is 5.32 Å². The van der Waals surface area contributed by atoms with Crippen LogP contribution in [0.5, 0.6) is 0 Å². The smallest absolute Gasteiger partial charge is 0.344 e. The van der Waals surface area contributed by atoms with Crippen molar-refractivity contribution in [3.05, 3.63) is 39.9 Å². The van der Waals surface area contributed by atoms with Gasteiger partial charge in [-0.05, 0) is 6.42 Å². The highest BCUT2D eigenvalue weighted by Gasteiger charge is 2.39. The molecule has 7 nitrogen and oxygen atoms in total. The molecular formula is C14H14F3N3O4. The fourth-order valence-corrected chi connectivity index (χ4v) is 2.50. The number of nitro benzene ring substituents is 1. The number of alkyl halides is 3. The van der Waals surface area contributed by atoms with E-state index < -0.39 is 35.5 Å². The molecule has 0 saturated carbocycles. The van der Waals surface area contributed by atoms with Gasteiger partial charge in [-0.3, -0.25) is 19.7 Å². The molecule has 0 radical (unpaired) electrons. The second-order valence-electron chi connectivity index (χ2n) is 5.35. The van der Waals surface area contributed by atoms with Gasteiger partial charge in [0.05, 0.1) is 11.3 Å². The van der Waals surface area contributed by atoms with Gasteiger partial charge in [-0.1, -0.05) is 18.2 Å². The maximum Gasteiger partial charge on any atom is 0.406 e. The summed E-state index contributed by atoms with van der Waals surface area (Å²) in [5, 5.41) is 13.2. The summed E-state index contributed by atoms with van der Waals surface area (Å²) >= 11 is 0. The summed E-state index contributed by atoms with van der Waals surface area (Å²) in [5.41, 5.74) is -0.0679. The van der Waals surface area contributed by atoms with E-state index in [9.17, 15) is 32.9 Å². The number of nitro groups is 1. The first-order valence-corrected chi connectivity index (χ1v) is 7.04. The van der Waals surface area contributed by atoms with Gasteiger partial charge in [-0.2, -0.15) is 13.2 Å². The van der Waals surface area contributed by atoms with E-state index in [1.54, 1.807) is 0 Å². The van der Waals surface area contributed by atoms with Crippen molar-refractivity contribution in [2.45, 2.75) is 25.1 Å². The van der Waals surface area contributed by atoms with Gasteiger partial charge >= 0.3 is 6.18 Å². The van der Waals surface area contributed by atoms with E-state index >= 15 is 0 Å². The molecule has 0 unspecified atom stereocenters. The highest BCUT2D eigenvalue weighted by Crippen LogP contribution is 2.21. The minimum absolute atomic E-state index is 0.0670. The first kappa shape index (κ1) is 17.7. The third kappa shape index (κ3) is 4.43. The molecule has 0 aromatic heterocycles. The number of benzene rings is 1. The third-order valence-corrected chi connectivity index (χ3v) is 3.54. The number of hydrogen-bond donors (Lipinski definition) is 1. The van der Waals surface area contributed by atoms with Crippen molar-refractivity contribution in [1.29, 1.82) is 0 Å². The van der Waals surface area contributed by atoms with Crippen molar-refractivity contribution in [3.63, 3.8) is 0 Å². The fraction of sp³-hybridized carbons (Fsp3) is 0.429. The standard InChI is InChI=1S/C14H14F3N3O4/c15-14(16,17)8-19-6-5-10(13(19)22)18-12(21)7-9-3-1-2-4-11(9)20(23)24/h1-4,10H,5-8H2,(H,18,21)/t10-/m0/s1. The van der Waals surface area contributed by atoms with Crippen molar-refractivity contribution in [2.24, 2.45) is 0 Å². The lowest BCUT2D eigenvalue weighted by molar-refractivity contribution is -0.385. The van der Waals surface area contributed by atoms with Crippen molar-refractivity contribution in [2.75, 3.05) is 13.1 Å². The topological polar surface area (TPSA) is 92.5 Å². The van der Waals surface area contributed by atoms with Gasteiger partial charge < -0.3 is 10.2 Å². The molecule has 2 rings (SSSR count). The number of amides is 2. The molecule has 0 aliphatic carbocycles. The van der Waals surface area contributed by atoms with Crippen molar-refractivity contribution < 1.29 is 27.7 Å². The van der Waals surface area contributed by atoms with Crippen LogP contribution in [0.1, 0.15) is 12.0 Å². The van der Waals surface area contributed by atoms with E-state index in [4.69, 9.17) is 0 Å². The van der Waals surface area contributed by atoms with Crippen LogP contribution in [0.15, 0.2) is 24.3 Å². The van der Waals surface area contributed by atoms with E-state index in [1.807, 2.05) is 0 Å². The van der Waals surface area contributed by atoms with Crippen LogP contribution in [0.4, 0.5) is 18.9 Å². The van der Waals surface area contributed by atoms with Crippen LogP contribution in [0, 0.1) is 10.1 Å². The maximum atomic E-state index is 12.3. The summed E-state index contributed by atoms with van der Waals surface area (Å²) < 4.78 is 37.0. The molecule has 0 bridgehead atoms. The summed E-state index contributed by atoms with van der Waals surface area (Å²) in [5.74, 6) is -1.46. The van der Waals surface area contributed by atoms with Crippen LogP contribution in [-0.2, 0) is 16.0 Å². The number of carbonyl (C=O) groups excluding carboxylic acids is 2. The van der Waals surface area contributed by atoms with E-state index in [-0.39, 0.29) is 30.6 Å². The Morgan fingerprint density at radius 3 is 2.67 bits per heavy atom. The Labute approximate surface area is 134 Å². The average Bonchev–Trinajstić information content (AvgIpc) is 2.78. The number of para-hydroxylation sites is 1. The highest BCUT2D eigenvalue weighted by atomic mass is 19.4. The number of carbonyl (C=O) groups is 2. The molecule has 1 aromatic carbocycles. The largest absolute Gasteiger partial charge is 0.406 e. The molecule has 0 spiro atoms. The monoisotopic (exact) mass is 345 g/mol. The molecular weight excluding hydrogens is 331 g/mol. The number of nitrogens with one attached hydrogen (secondary N) is 1. The fourth-order valence-electron chi connectivity index (χ4n) is 2.50. The molecule has 130 valence electrons. The highest BCUT2D eigenvalue weighted by molar-refractivity contribution is 5.90. The molecule has 1 N–H and O–H groups in total. The quantitative estimate of drug-likeness (QED) is 0.645. The molecule has 10 heteroatoms. The van der Waals surface area contributed by atoms with Gasteiger partial charge in [-0.25, -0.2) is 0 Å². The predicted molar refractivity (Wildman–Crippen MR) is 76.0 cm³/mol. The Morgan fingerprint density at radius 2 is 2.04 bits per heavy atom. The van der Waals surface area contributed by atoms with Gasteiger partial charge in [0.15, 0.2) is 0 Å². The molecule has 1 fully saturated rings. The summed E-state index contributed by atoms with van der Waals surface area (Å²) in [6.07, 6.45) is -4.77. The van der Waals surface area contributed by atoms with Crippen molar-refractivity contribution in [3.8, 4) is 0 Å². The summed E-state index contributed by atoms with van der Waals surface area (Å²) in [6, 6.07) is 4.59. The van der Waals surface area contributed by atoms with E-state index in [0.717, 1.165) is 0 Å². The molecule has 1 aliphatic rings. The van der Waals surface area contributed by atoms with Gasteiger partial charge in [0, 0.05) is 18.2 Å². The summed E-state index contributed by atoms with van der Waals surface area (Å²) in [7, 11) is 0. The maximum absolute atomic E-state index is 12.3. The Balaban J connectivity index is 1.97. The van der Waals surface area contributed by atoms with E-state index in [2.05, 4.69) is 5.32 Å². The first-order valence-electron chi connectivity index (χ1n) is 7.04. The normalized spacial score (nSPS) is 17.9. The second kappa shape index (κ2) is 6.85. The van der Waals surface area contributed by atoms with Crippen LogP contribution in [0.3, 0.4) is 0 Å². The molecule has 2 amide bonds. The Morgan fingerprint density at radius 1 is 1.38 bits per heavy atom.